The second-order valence-corrected chi connectivity index (χ2v) is 5.40. The van der Waals surface area contributed by atoms with Crippen molar-refractivity contribution in [3.8, 4) is 11.5 Å². The summed E-state index contributed by atoms with van der Waals surface area (Å²) in [6.45, 7) is 0. The zero-order chi connectivity index (χ0) is 16.9. The number of methoxy groups -OCH3 is 2. The van der Waals surface area contributed by atoms with Gasteiger partial charge in [0.1, 0.15) is 11.5 Å². The molecule has 0 unspecified atom stereocenters. The summed E-state index contributed by atoms with van der Waals surface area (Å²) in [6.07, 6.45) is 3.38. The quantitative estimate of drug-likeness (QED) is 0.503. The van der Waals surface area contributed by atoms with Gasteiger partial charge < -0.3 is 9.47 Å². The Balaban J connectivity index is 1.84. The molecule has 0 aliphatic rings. The second kappa shape index (κ2) is 7.01. The van der Waals surface area contributed by atoms with Gasteiger partial charge in [-0.3, -0.25) is 4.79 Å². The van der Waals surface area contributed by atoms with Crippen LogP contribution in [0, 0.1) is 0 Å². The Hall–Kier alpha value is -3.07. The van der Waals surface area contributed by atoms with E-state index in [-0.39, 0.29) is 5.78 Å². The Morgan fingerprint density at radius 2 is 1.54 bits per heavy atom. The number of carbonyl (C=O) groups excluding carboxylic acids is 1. The lowest BCUT2D eigenvalue weighted by Crippen LogP contribution is -1.94. The van der Waals surface area contributed by atoms with Crippen LogP contribution in [-0.4, -0.2) is 20.0 Å². The first kappa shape index (κ1) is 15.8. The number of ether oxygens (including phenoxy) is 2. The summed E-state index contributed by atoms with van der Waals surface area (Å²) < 4.78 is 10.4. The number of hydrogen-bond donors (Lipinski definition) is 0. The molecule has 3 nitrogen and oxygen atoms in total. The standard InChI is InChI=1S/C21H18O3/c1-23-19-5-3-4-15(12-19)6-11-21(22)18-8-7-17-14-20(24-2)10-9-16(17)13-18/h3-14H,1-2H3/b11-6+. The van der Waals surface area contributed by atoms with E-state index in [0.29, 0.717) is 5.56 Å². The number of allylic oxidation sites excluding steroid dienone is 1. The van der Waals surface area contributed by atoms with E-state index in [4.69, 9.17) is 9.47 Å². The number of fused-ring (bicyclic) bond motifs is 1. The molecule has 0 spiro atoms. The molecule has 0 aliphatic carbocycles. The molecule has 0 bridgehead atoms. The predicted octanol–water partition coefficient (Wildman–Crippen LogP) is 4.75. The summed E-state index contributed by atoms with van der Waals surface area (Å²) in [5.41, 5.74) is 1.58. The minimum absolute atomic E-state index is 0.0319. The predicted molar refractivity (Wildman–Crippen MR) is 96.9 cm³/mol. The highest BCUT2D eigenvalue weighted by atomic mass is 16.5. The Labute approximate surface area is 141 Å². The normalized spacial score (nSPS) is 10.9. The molecule has 0 aromatic heterocycles. The number of benzene rings is 3. The Morgan fingerprint density at radius 1 is 0.833 bits per heavy atom. The lowest BCUT2D eigenvalue weighted by Gasteiger charge is -2.04. The highest BCUT2D eigenvalue weighted by Gasteiger charge is 2.04. The van der Waals surface area contributed by atoms with E-state index in [1.165, 1.54) is 0 Å². The van der Waals surface area contributed by atoms with Crippen LogP contribution in [0.4, 0.5) is 0 Å². The van der Waals surface area contributed by atoms with Gasteiger partial charge in [0.15, 0.2) is 5.78 Å². The maximum absolute atomic E-state index is 12.4. The summed E-state index contributed by atoms with van der Waals surface area (Å²) in [5, 5.41) is 2.05. The van der Waals surface area contributed by atoms with Gasteiger partial charge in [0.05, 0.1) is 14.2 Å². The highest BCUT2D eigenvalue weighted by Crippen LogP contribution is 2.22. The molecule has 3 rings (SSSR count). The number of hydrogen-bond acceptors (Lipinski definition) is 3. The molecule has 0 N–H and O–H groups in total. The van der Waals surface area contributed by atoms with E-state index in [9.17, 15) is 4.79 Å². The lowest BCUT2D eigenvalue weighted by molar-refractivity contribution is 0.104. The lowest BCUT2D eigenvalue weighted by atomic mass is 10.0. The molecule has 0 saturated heterocycles. The SMILES string of the molecule is COc1cccc(/C=C/C(=O)c2ccc3cc(OC)ccc3c2)c1. The van der Waals surface area contributed by atoms with Gasteiger partial charge in [0, 0.05) is 5.56 Å². The second-order valence-electron chi connectivity index (χ2n) is 5.40. The van der Waals surface area contributed by atoms with Crippen LogP contribution in [0.2, 0.25) is 0 Å². The van der Waals surface area contributed by atoms with Crippen LogP contribution in [0.15, 0.2) is 66.7 Å². The average Bonchev–Trinajstić information content (AvgIpc) is 2.65. The summed E-state index contributed by atoms with van der Waals surface area (Å²) in [4.78, 5) is 12.4. The Kier molecular flexibility index (Phi) is 4.62. The largest absolute Gasteiger partial charge is 0.497 e. The smallest absolute Gasteiger partial charge is 0.185 e. The van der Waals surface area contributed by atoms with E-state index < -0.39 is 0 Å². The van der Waals surface area contributed by atoms with Crippen molar-refractivity contribution in [3.05, 3.63) is 77.9 Å². The number of carbonyl (C=O) groups is 1. The minimum atomic E-state index is -0.0319. The molecule has 3 heteroatoms. The monoisotopic (exact) mass is 318 g/mol. The maximum Gasteiger partial charge on any atom is 0.185 e. The first-order valence-corrected chi connectivity index (χ1v) is 7.64. The van der Waals surface area contributed by atoms with E-state index in [0.717, 1.165) is 27.8 Å². The zero-order valence-corrected chi connectivity index (χ0v) is 13.7. The minimum Gasteiger partial charge on any atom is -0.497 e. The Bertz CT molecular complexity index is 910. The zero-order valence-electron chi connectivity index (χ0n) is 13.7. The molecular formula is C21H18O3. The summed E-state index contributed by atoms with van der Waals surface area (Å²) >= 11 is 0. The third-order valence-electron chi connectivity index (χ3n) is 3.85. The summed E-state index contributed by atoms with van der Waals surface area (Å²) in [6, 6.07) is 19.0. The molecule has 24 heavy (non-hydrogen) atoms. The first-order valence-electron chi connectivity index (χ1n) is 7.64. The fourth-order valence-electron chi connectivity index (χ4n) is 2.52. The van der Waals surface area contributed by atoms with Crippen LogP contribution in [0.5, 0.6) is 11.5 Å². The van der Waals surface area contributed by atoms with Crippen LogP contribution in [-0.2, 0) is 0 Å². The van der Waals surface area contributed by atoms with Crippen molar-refractivity contribution in [1.29, 1.82) is 0 Å². The maximum atomic E-state index is 12.4. The van der Waals surface area contributed by atoms with Crippen molar-refractivity contribution in [2.24, 2.45) is 0 Å². The third kappa shape index (κ3) is 3.46. The fourth-order valence-corrected chi connectivity index (χ4v) is 2.52. The van der Waals surface area contributed by atoms with Crippen molar-refractivity contribution in [1.82, 2.24) is 0 Å². The van der Waals surface area contributed by atoms with Crippen molar-refractivity contribution < 1.29 is 14.3 Å². The summed E-state index contributed by atoms with van der Waals surface area (Å²) in [5.74, 6) is 1.54. The van der Waals surface area contributed by atoms with Crippen molar-refractivity contribution >= 4 is 22.6 Å². The van der Waals surface area contributed by atoms with Gasteiger partial charge >= 0.3 is 0 Å². The van der Waals surface area contributed by atoms with Gasteiger partial charge in [-0.05, 0) is 52.7 Å². The van der Waals surface area contributed by atoms with Crippen LogP contribution < -0.4 is 9.47 Å². The topological polar surface area (TPSA) is 35.5 Å². The average molecular weight is 318 g/mol. The number of rotatable bonds is 5. The number of ketones is 1. The Morgan fingerprint density at radius 3 is 2.33 bits per heavy atom. The molecule has 0 radical (unpaired) electrons. The molecule has 120 valence electrons. The molecule has 3 aromatic carbocycles. The molecule has 0 saturated carbocycles. The van der Waals surface area contributed by atoms with Gasteiger partial charge in [-0.25, -0.2) is 0 Å². The molecule has 3 aromatic rings. The fraction of sp³-hybridized carbons (Fsp3) is 0.0952. The highest BCUT2D eigenvalue weighted by molar-refractivity contribution is 6.08. The first-order chi connectivity index (χ1) is 11.7. The molecule has 0 amide bonds. The molecular weight excluding hydrogens is 300 g/mol. The third-order valence-corrected chi connectivity index (χ3v) is 3.85. The van der Waals surface area contributed by atoms with E-state index in [1.54, 1.807) is 26.4 Å². The van der Waals surface area contributed by atoms with Gasteiger partial charge in [0.25, 0.3) is 0 Å². The summed E-state index contributed by atoms with van der Waals surface area (Å²) in [7, 11) is 3.26. The molecule has 0 aliphatic heterocycles. The van der Waals surface area contributed by atoms with Crippen LogP contribution >= 0.6 is 0 Å². The van der Waals surface area contributed by atoms with E-state index in [2.05, 4.69) is 0 Å². The van der Waals surface area contributed by atoms with Crippen LogP contribution in [0.1, 0.15) is 15.9 Å². The van der Waals surface area contributed by atoms with Gasteiger partial charge in [-0.1, -0.05) is 36.4 Å². The van der Waals surface area contributed by atoms with Crippen LogP contribution in [0.25, 0.3) is 16.8 Å². The molecule has 0 fully saturated rings. The molecule has 0 heterocycles. The van der Waals surface area contributed by atoms with Crippen LogP contribution in [0.3, 0.4) is 0 Å². The van der Waals surface area contributed by atoms with Crippen molar-refractivity contribution in [2.75, 3.05) is 14.2 Å². The van der Waals surface area contributed by atoms with Crippen molar-refractivity contribution in [2.45, 2.75) is 0 Å². The van der Waals surface area contributed by atoms with E-state index in [1.807, 2.05) is 60.7 Å². The van der Waals surface area contributed by atoms with Gasteiger partial charge in [0.2, 0.25) is 0 Å². The van der Waals surface area contributed by atoms with Crippen molar-refractivity contribution in [3.63, 3.8) is 0 Å². The van der Waals surface area contributed by atoms with Gasteiger partial charge in [-0.2, -0.15) is 0 Å². The van der Waals surface area contributed by atoms with Gasteiger partial charge in [-0.15, -0.1) is 0 Å². The van der Waals surface area contributed by atoms with E-state index >= 15 is 0 Å². The molecule has 0 atom stereocenters.